The summed E-state index contributed by atoms with van der Waals surface area (Å²) in [6.45, 7) is 6.98. The van der Waals surface area contributed by atoms with Crippen LogP contribution >= 0.6 is 0 Å². The van der Waals surface area contributed by atoms with Gasteiger partial charge in [0, 0.05) is 5.39 Å². The molecule has 1 aromatic carbocycles. The summed E-state index contributed by atoms with van der Waals surface area (Å²) >= 11 is 0. The molecular weight excluding hydrogens is 278 g/mol. The van der Waals surface area contributed by atoms with E-state index in [-0.39, 0.29) is 5.56 Å². The molecule has 0 bridgehead atoms. The van der Waals surface area contributed by atoms with Crippen molar-refractivity contribution in [2.24, 2.45) is 0 Å². The maximum Gasteiger partial charge on any atom is 0.294 e. The van der Waals surface area contributed by atoms with E-state index >= 15 is 0 Å². The van der Waals surface area contributed by atoms with Gasteiger partial charge in [-0.05, 0) is 38.1 Å². The van der Waals surface area contributed by atoms with Crippen LogP contribution in [-0.2, 0) is 6.54 Å². The van der Waals surface area contributed by atoms with Gasteiger partial charge in [-0.1, -0.05) is 26.0 Å². The summed E-state index contributed by atoms with van der Waals surface area (Å²) < 4.78 is 5.62. The first kappa shape index (κ1) is 14.8. The Morgan fingerprint density at radius 2 is 1.91 bits per heavy atom. The van der Waals surface area contributed by atoms with E-state index in [1.54, 1.807) is 0 Å². The Morgan fingerprint density at radius 1 is 1.18 bits per heavy atom. The van der Waals surface area contributed by atoms with Crippen molar-refractivity contribution in [3.63, 3.8) is 0 Å². The number of H-pyrrole nitrogens is 1. The van der Waals surface area contributed by atoms with Crippen LogP contribution in [-0.4, -0.2) is 28.0 Å². The third kappa shape index (κ3) is 2.76. The first-order valence-electron chi connectivity index (χ1n) is 7.85. The minimum Gasteiger partial charge on any atom is -0.449 e. The Labute approximate surface area is 129 Å². The number of furan rings is 1. The van der Waals surface area contributed by atoms with Crippen molar-refractivity contribution in [3.8, 4) is 0 Å². The van der Waals surface area contributed by atoms with Gasteiger partial charge in [0.1, 0.15) is 16.9 Å². The molecule has 0 fully saturated rings. The largest absolute Gasteiger partial charge is 0.449 e. The van der Waals surface area contributed by atoms with Crippen molar-refractivity contribution < 1.29 is 4.42 Å². The van der Waals surface area contributed by atoms with Gasteiger partial charge in [0.15, 0.2) is 0 Å². The van der Waals surface area contributed by atoms with Crippen LogP contribution in [0.4, 0.5) is 0 Å². The molecule has 0 amide bonds. The van der Waals surface area contributed by atoms with Crippen LogP contribution in [0.5, 0.6) is 0 Å². The molecule has 0 aliphatic rings. The predicted octanol–water partition coefficient (Wildman–Crippen LogP) is 3.29. The quantitative estimate of drug-likeness (QED) is 0.758. The molecule has 2 heterocycles. The van der Waals surface area contributed by atoms with E-state index in [1.807, 2.05) is 24.3 Å². The number of nitrogens with zero attached hydrogens (tertiary/aromatic N) is 2. The molecule has 1 N–H and O–H groups in total. The van der Waals surface area contributed by atoms with Gasteiger partial charge in [-0.2, -0.15) is 0 Å². The summed E-state index contributed by atoms with van der Waals surface area (Å²) in [5.74, 6) is 0.700. The number of rotatable bonds is 6. The van der Waals surface area contributed by atoms with Gasteiger partial charge < -0.3 is 9.40 Å². The molecule has 0 atom stereocenters. The van der Waals surface area contributed by atoms with Gasteiger partial charge in [-0.15, -0.1) is 0 Å². The molecule has 2 aromatic heterocycles. The van der Waals surface area contributed by atoms with E-state index in [1.165, 1.54) is 0 Å². The average Bonchev–Trinajstić information content (AvgIpc) is 2.87. The number of hydrogen-bond acceptors (Lipinski definition) is 4. The Bertz CT molecular complexity index is 829. The van der Waals surface area contributed by atoms with Crippen LogP contribution in [0.25, 0.3) is 22.1 Å². The summed E-state index contributed by atoms with van der Waals surface area (Å²) in [5, 5.41) is 0.891. The number of nitrogens with one attached hydrogen (secondary N) is 1. The molecule has 5 nitrogen and oxygen atoms in total. The second-order valence-electron chi connectivity index (χ2n) is 5.56. The van der Waals surface area contributed by atoms with Gasteiger partial charge in [0.2, 0.25) is 5.58 Å². The monoisotopic (exact) mass is 299 g/mol. The molecule has 116 valence electrons. The van der Waals surface area contributed by atoms with E-state index in [0.717, 1.165) is 31.3 Å². The first-order valence-corrected chi connectivity index (χ1v) is 7.85. The number of aromatic amines is 1. The predicted molar refractivity (Wildman–Crippen MR) is 88.0 cm³/mol. The highest BCUT2D eigenvalue weighted by atomic mass is 16.3. The zero-order valence-corrected chi connectivity index (χ0v) is 13.1. The van der Waals surface area contributed by atoms with E-state index in [4.69, 9.17) is 4.42 Å². The van der Waals surface area contributed by atoms with Gasteiger partial charge in [0.05, 0.1) is 6.54 Å². The topological polar surface area (TPSA) is 62.1 Å². The SMILES string of the molecule is CCCN(CCC)Cc1nc2c(oc3ccccc32)c(=O)[nH]1. The summed E-state index contributed by atoms with van der Waals surface area (Å²) in [4.78, 5) is 22.1. The Balaban J connectivity index is 2.04. The van der Waals surface area contributed by atoms with Gasteiger partial charge in [-0.25, -0.2) is 4.98 Å². The molecule has 0 radical (unpaired) electrons. The van der Waals surface area contributed by atoms with Crippen molar-refractivity contribution in [1.82, 2.24) is 14.9 Å². The Hall–Kier alpha value is -2.14. The third-order valence-electron chi connectivity index (χ3n) is 3.73. The number of benzene rings is 1. The Morgan fingerprint density at radius 3 is 2.64 bits per heavy atom. The second-order valence-corrected chi connectivity index (χ2v) is 5.56. The highest BCUT2D eigenvalue weighted by molar-refractivity contribution is 6.01. The molecule has 0 saturated carbocycles. The zero-order chi connectivity index (χ0) is 15.5. The molecular formula is C17H21N3O2. The number of hydrogen-bond donors (Lipinski definition) is 1. The van der Waals surface area contributed by atoms with E-state index < -0.39 is 0 Å². The fourth-order valence-electron chi connectivity index (χ4n) is 2.84. The minimum atomic E-state index is -0.204. The standard InChI is InChI=1S/C17H21N3O2/c1-3-9-20(10-4-2)11-14-18-15-12-7-5-6-8-13(12)22-16(15)17(21)19-14/h5-8H,3-4,9-11H2,1-2H3,(H,18,19,21). The van der Waals surface area contributed by atoms with Crippen LogP contribution in [0.1, 0.15) is 32.5 Å². The fraction of sp³-hybridized carbons (Fsp3) is 0.412. The molecule has 5 heteroatoms. The number of para-hydroxylation sites is 1. The number of aromatic nitrogens is 2. The summed E-state index contributed by atoms with van der Waals surface area (Å²) in [7, 11) is 0. The molecule has 3 aromatic rings. The normalized spacial score (nSPS) is 11.8. The van der Waals surface area contributed by atoms with Crippen LogP contribution in [0, 0.1) is 0 Å². The van der Waals surface area contributed by atoms with Crippen LogP contribution in [0.15, 0.2) is 33.5 Å². The fourth-order valence-corrected chi connectivity index (χ4v) is 2.84. The lowest BCUT2D eigenvalue weighted by Crippen LogP contribution is -2.27. The highest BCUT2D eigenvalue weighted by Crippen LogP contribution is 2.24. The van der Waals surface area contributed by atoms with E-state index in [0.29, 0.717) is 29.1 Å². The lowest BCUT2D eigenvalue weighted by Gasteiger charge is -2.19. The van der Waals surface area contributed by atoms with Crippen molar-refractivity contribution in [2.75, 3.05) is 13.1 Å². The Kier molecular flexibility index (Phi) is 4.24. The average molecular weight is 299 g/mol. The van der Waals surface area contributed by atoms with Gasteiger partial charge in [-0.3, -0.25) is 9.69 Å². The van der Waals surface area contributed by atoms with Crippen molar-refractivity contribution in [1.29, 1.82) is 0 Å². The summed E-state index contributed by atoms with van der Waals surface area (Å²) in [6.07, 6.45) is 2.17. The lowest BCUT2D eigenvalue weighted by molar-refractivity contribution is 0.260. The van der Waals surface area contributed by atoms with Gasteiger partial charge >= 0.3 is 0 Å². The molecule has 3 rings (SSSR count). The van der Waals surface area contributed by atoms with Crippen molar-refractivity contribution >= 4 is 22.1 Å². The van der Waals surface area contributed by atoms with Crippen molar-refractivity contribution in [3.05, 3.63) is 40.4 Å². The summed E-state index contributed by atoms with van der Waals surface area (Å²) in [5.41, 5.74) is 1.46. The number of fused-ring (bicyclic) bond motifs is 3. The second kappa shape index (κ2) is 6.32. The highest BCUT2D eigenvalue weighted by Gasteiger charge is 2.14. The van der Waals surface area contributed by atoms with E-state index in [2.05, 4.69) is 28.7 Å². The molecule has 0 spiro atoms. The third-order valence-corrected chi connectivity index (χ3v) is 3.73. The lowest BCUT2D eigenvalue weighted by atomic mass is 10.2. The molecule has 0 saturated heterocycles. The van der Waals surface area contributed by atoms with Crippen LogP contribution < -0.4 is 5.56 Å². The molecule has 0 aliphatic heterocycles. The maximum atomic E-state index is 12.3. The van der Waals surface area contributed by atoms with Gasteiger partial charge in [0.25, 0.3) is 5.56 Å². The van der Waals surface area contributed by atoms with Crippen LogP contribution in [0.3, 0.4) is 0 Å². The summed E-state index contributed by atoms with van der Waals surface area (Å²) in [6, 6.07) is 7.62. The zero-order valence-electron chi connectivity index (χ0n) is 13.1. The maximum absolute atomic E-state index is 12.3. The van der Waals surface area contributed by atoms with E-state index in [9.17, 15) is 4.79 Å². The minimum absolute atomic E-state index is 0.204. The van der Waals surface area contributed by atoms with Crippen molar-refractivity contribution in [2.45, 2.75) is 33.2 Å². The van der Waals surface area contributed by atoms with Crippen LogP contribution in [0.2, 0.25) is 0 Å². The molecule has 0 unspecified atom stereocenters. The first-order chi connectivity index (χ1) is 10.7. The molecule has 0 aliphatic carbocycles. The smallest absolute Gasteiger partial charge is 0.294 e. The molecule has 22 heavy (non-hydrogen) atoms.